The largest absolute Gasteiger partial charge is 0.368 e. The van der Waals surface area contributed by atoms with Gasteiger partial charge < -0.3 is 16.0 Å². The molecule has 152 valence electrons. The number of hydrogen-bond acceptors (Lipinski definition) is 4. The summed E-state index contributed by atoms with van der Waals surface area (Å²) in [6.45, 7) is 5.83. The number of likely N-dealkylation sites (tertiary alicyclic amines) is 2. The molecular formula is C21H30N4O3. The molecule has 3 amide bonds. The third-order valence-electron chi connectivity index (χ3n) is 5.87. The van der Waals surface area contributed by atoms with E-state index in [0.717, 1.165) is 37.8 Å². The Kier molecular flexibility index (Phi) is 6.34. The van der Waals surface area contributed by atoms with E-state index in [1.54, 1.807) is 13.0 Å². The summed E-state index contributed by atoms with van der Waals surface area (Å²) in [5.41, 5.74) is 7.09. The van der Waals surface area contributed by atoms with Gasteiger partial charge in [0.25, 0.3) is 5.91 Å². The van der Waals surface area contributed by atoms with Crippen LogP contribution in [0.25, 0.3) is 0 Å². The molecule has 0 aromatic heterocycles. The molecule has 0 radical (unpaired) electrons. The van der Waals surface area contributed by atoms with E-state index >= 15 is 0 Å². The standard InChI is InChI=1S/C21H30N4O3/c1-14-5-3-6-16(13-14)20(27)23-15(2)21(28)24-11-8-17(9-12-24)25-10-4-7-18(25)19(22)26/h3,5-6,13,15,17-18H,4,7-12H2,1-2H3,(H2,22,26)(H,23,27). The van der Waals surface area contributed by atoms with Gasteiger partial charge in [0.1, 0.15) is 6.04 Å². The van der Waals surface area contributed by atoms with E-state index in [4.69, 9.17) is 5.73 Å². The monoisotopic (exact) mass is 386 g/mol. The van der Waals surface area contributed by atoms with Crippen molar-refractivity contribution < 1.29 is 14.4 Å². The second kappa shape index (κ2) is 8.73. The van der Waals surface area contributed by atoms with Gasteiger partial charge in [-0.3, -0.25) is 19.3 Å². The summed E-state index contributed by atoms with van der Waals surface area (Å²) in [6.07, 6.45) is 3.48. The van der Waals surface area contributed by atoms with Crippen molar-refractivity contribution in [1.82, 2.24) is 15.1 Å². The molecule has 2 fully saturated rings. The van der Waals surface area contributed by atoms with E-state index in [2.05, 4.69) is 10.2 Å². The number of nitrogens with two attached hydrogens (primary N) is 1. The predicted molar refractivity (Wildman–Crippen MR) is 107 cm³/mol. The molecule has 2 aliphatic heterocycles. The van der Waals surface area contributed by atoms with Gasteiger partial charge in [-0.25, -0.2) is 0 Å². The smallest absolute Gasteiger partial charge is 0.251 e. The van der Waals surface area contributed by atoms with Crippen LogP contribution < -0.4 is 11.1 Å². The lowest BCUT2D eigenvalue weighted by atomic mass is 10.0. The first-order valence-corrected chi connectivity index (χ1v) is 10.1. The lowest BCUT2D eigenvalue weighted by Crippen LogP contribution is -2.54. The average Bonchev–Trinajstić information content (AvgIpc) is 3.17. The molecule has 3 N–H and O–H groups in total. The second-order valence-electron chi connectivity index (χ2n) is 7.92. The normalized spacial score (nSPS) is 22.1. The molecule has 0 saturated carbocycles. The molecule has 1 aromatic rings. The minimum absolute atomic E-state index is 0.0627. The number of carbonyl (C=O) groups is 3. The molecule has 0 bridgehead atoms. The predicted octanol–water partition coefficient (Wildman–Crippen LogP) is 1.05. The minimum atomic E-state index is -0.574. The van der Waals surface area contributed by atoms with E-state index in [9.17, 15) is 14.4 Å². The summed E-state index contributed by atoms with van der Waals surface area (Å²) >= 11 is 0. The quantitative estimate of drug-likeness (QED) is 0.791. The zero-order chi connectivity index (χ0) is 20.3. The highest BCUT2D eigenvalue weighted by molar-refractivity contribution is 5.97. The van der Waals surface area contributed by atoms with Crippen molar-refractivity contribution in [1.29, 1.82) is 0 Å². The Morgan fingerprint density at radius 1 is 1.14 bits per heavy atom. The second-order valence-corrected chi connectivity index (χ2v) is 7.92. The Bertz CT molecular complexity index is 743. The van der Waals surface area contributed by atoms with Gasteiger partial charge in [0.05, 0.1) is 6.04 Å². The van der Waals surface area contributed by atoms with Gasteiger partial charge in [-0.05, 0) is 58.2 Å². The van der Waals surface area contributed by atoms with E-state index in [1.165, 1.54) is 0 Å². The number of hydrogen-bond donors (Lipinski definition) is 2. The minimum Gasteiger partial charge on any atom is -0.368 e. The number of nitrogens with one attached hydrogen (secondary N) is 1. The SMILES string of the molecule is Cc1cccc(C(=O)NC(C)C(=O)N2CCC(N3CCCC3C(N)=O)CC2)c1. The Morgan fingerprint density at radius 2 is 1.86 bits per heavy atom. The number of primary amides is 1. The van der Waals surface area contributed by atoms with Crippen LogP contribution in [0.4, 0.5) is 0 Å². The number of nitrogens with zero attached hydrogens (tertiary/aromatic N) is 2. The van der Waals surface area contributed by atoms with Crippen molar-refractivity contribution in [3.8, 4) is 0 Å². The lowest BCUT2D eigenvalue weighted by Gasteiger charge is -2.39. The summed E-state index contributed by atoms with van der Waals surface area (Å²) < 4.78 is 0. The third-order valence-corrected chi connectivity index (χ3v) is 5.87. The number of aryl methyl sites for hydroxylation is 1. The summed E-state index contributed by atoms with van der Waals surface area (Å²) in [6, 6.07) is 6.87. The van der Waals surface area contributed by atoms with Gasteiger partial charge >= 0.3 is 0 Å². The first kappa shape index (κ1) is 20.3. The fourth-order valence-corrected chi connectivity index (χ4v) is 4.35. The molecule has 7 heteroatoms. The van der Waals surface area contributed by atoms with Crippen molar-refractivity contribution in [2.24, 2.45) is 5.73 Å². The Balaban J connectivity index is 1.52. The highest BCUT2D eigenvalue weighted by Crippen LogP contribution is 2.26. The maximum Gasteiger partial charge on any atom is 0.251 e. The fourth-order valence-electron chi connectivity index (χ4n) is 4.35. The lowest BCUT2D eigenvalue weighted by molar-refractivity contribution is -0.135. The topological polar surface area (TPSA) is 95.7 Å². The molecule has 3 rings (SSSR count). The first-order chi connectivity index (χ1) is 13.4. The molecule has 2 unspecified atom stereocenters. The van der Waals surface area contributed by atoms with Gasteiger partial charge in [-0.15, -0.1) is 0 Å². The van der Waals surface area contributed by atoms with Crippen LogP contribution in [0.5, 0.6) is 0 Å². The first-order valence-electron chi connectivity index (χ1n) is 10.1. The molecule has 2 aliphatic rings. The highest BCUT2D eigenvalue weighted by atomic mass is 16.2. The molecule has 2 heterocycles. The number of benzene rings is 1. The van der Waals surface area contributed by atoms with Crippen LogP contribution >= 0.6 is 0 Å². The van der Waals surface area contributed by atoms with Crippen LogP contribution in [-0.2, 0) is 9.59 Å². The molecule has 0 aliphatic carbocycles. The van der Waals surface area contributed by atoms with Crippen molar-refractivity contribution in [3.63, 3.8) is 0 Å². The van der Waals surface area contributed by atoms with E-state index < -0.39 is 6.04 Å². The van der Waals surface area contributed by atoms with Gasteiger partial charge in [-0.1, -0.05) is 17.7 Å². The van der Waals surface area contributed by atoms with Gasteiger partial charge in [0.15, 0.2) is 0 Å². The van der Waals surface area contributed by atoms with E-state index in [0.29, 0.717) is 24.7 Å². The van der Waals surface area contributed by atoms with Crippen LogP contribution in [0.3, 0.4) is 0 Å². The van der Waals surface area contributed by atoms with Gasteiger partial charge in [-0.2, -0.15) is 0 Å². The van der Waals surface area contributed by atoms with Crippen LogP contribution in [-0.4, -0.2) is 65.3 Å². The molecule has 0 spiro atoms. The van der Waals surface area contributed by atoms with Crippen LogP contribution in [0.15, 0.2) is 24.3 Å². The fraction of sp³-hybridized carbons (Fsp3) is 0.571. The average molecular weight is 386 g/mol. The Labute approximate surface area is 166 Å². The van der Waals surface area contributed by atoms with E-state index in [1.807, 2.05) is 30.0 Å². The number of amides is 3. The molecule has 1 aromatic carbocycles. The molecule has 28 heavy (non-hydrogen) atoms. The third kappa shape index (κ3) is 4.52. The van der Waals surface area contributed by atoms with Crippen molar-refractivity contribution in [3.05, 3.63) is 35.4 Å². The Morgan fingerprint density at radius 3 is 2.50 bits per heavy atom. The number of carbonyl (C=O) groups excluding carboxylic acids is 3. The maximum atomic E-state index is 12.8. The van der Waals surface area contributed by atoms with Crippen molar-refractivity contribution in [2.75, 3.05) is 19.6 Å². The van der Waals surface area contributed by atoms with Gasteiger partial charge in [0.2, 0.25) is 11.8 Å². The summed E-state index contributed by atoms with van der Waals surface area (Å²) in [5.74, 6) is -0.545. The van der Waals surface area contributed by atoms with Gasteiger partial charge in [0, 0.05) is 24.7 Å². The van der Waals surface area contributed by atoms with E-state index in [-0.39, 0.29) is 23.8 Å². The Hall–Kier alpha value is -2.41. The number of rotatable bonds is 5. The molecule has 2 atom stereocenters. The summed E-state index contributed by atoms with van der Waals surface area (Å²) in [4.78, 5) is 40.8. The highest BCUT2D eigenvalue weighted by Gasteiger charge is 2.36. The van der Waals surface area contributed by atoms with Crippen LogP contribution in [0.1, 0.15) is 48.5 Å². The molecular weight excluding hydrogens is 356 g/mol. The van der Waals surface area contributed by atoms with Crippen molar-refractivity contribution >= 4 is 17.7 Å². The molecule has 7 nitrogen and oxygen atoms in total. The molecule has 2 saturated heterocycles. The van der Waals surface area contributed by atoms with Crippen molar-refractivity contribution in [2.45, 2.75) is 57.7 Å². The zero-order valence-electron chi connectivity index (χ0n) is 16.7. The van der Waals surface area contributed by atoms with Crippen LogP contribution in [0, 0.1) is 6.92 Å². The summed E-state index contributed by atoms with van der Waals surface area (Å²) in [5, 5.41) is 2.81. The summed E-state index contributed by atoms with van der Waals surface area (Å²) in [7, 11) is 0. The number of piperidine rings is 1. The zero-order valence-corrected chi connectivity index (χ0v) is 16.7. The van der Waals surface area contributed by atoms with Crippen LogP contribution in [0.2, 0.25) is 0 Å². The maximum absolute atomic E-state index is 12.8.